The molecular formula is C15H20N2O2S. The maximum atomic E-state index is 12.6. The van der Waals surface area contributed by atoms with Crippen LogP contribution in [0.3, 0.4) is 0 Å². The van der Waals surface area contributed by atoms with Crippen molar-refractivity contribution >= 4 is 23.1 Å². The molecule has 0 radical (unpaired) electrons. The van der Waals surface area contributed by atoms with E-state index in [4.69, 9.17) is 22.7 Å². The number of hydrogen-bond donors (Lipinski definition) is 1. The van der Waals surface area contributed by atoms with Crippen LogP contribution in [-0.2, 0) is 16.0 Å². The van der Waals surface area contributed by atoms with Crippen LogP contribution in [0.2, 0.25) is 0 Å². The summed E-state index contributed by atoms with van der Waals surface area (Å²) in [5, 5.41) is 0. The van der Waals surface area contributed by atoms with Gasteiger partial charge in [0.05, 0.1) is 17.5 Å². The third kappa shape index (κ3) is 4.02. The number of rotatable bonds is 4. The summed E-state index contributed by atoms with van der Waals surface area (Å²) in [7, 11) is 0. The fourth-order valence-corrected chi connectivity index (χ4v) is 2.53. The fourth-order valence-electron chi connectivity index (χ4n) is 2.35. The molecule has 1 aromatic carbocycles. The van der Waals surface area contributed by atoms with Gasteiger partial charge in [0.1, 0.15) is 0 Å². The molecule has 1 unspecified atom stereocenters. The number of benzene rings is 1. The van der Waals surface area contributed by atoms with Crippen LogP contribution < -0.4 is 5.73 Å². The molecule has 1 fully saturated rings. The van der Waals surface area contributed by atoms with Crippen molar-refractivity contribution in [3.8, 4) is 0 Å². The van der Waals surface area contributed by atoms with Crippen molar-refractivity contribution < 1.29 is 9.53 Å². The predicted molar refractivity (Wildman–Crippen MR) is 82.4 cm³/mol. The van der Waals surface area contributed by atoms with E-state index in [2.05, 4.69) is 0 Å². The summed E-state index contributed by atoms with van der Waals surface area (Å²) in [6.07, 6.45) is 1.42. The molecule has 1 aliphatic heterocycles. The Hall–Kier alpha value is -1.46. The molecule has 0 bridgehead atoms. The number of amides is 1. The summed E-state index contributed by atoms with van der Waals surface area (Å²) in [5.41, 5.74) is 6.86. The van der Waals surface area contributed by atoms with Gasteiger partial charge in [-0.3, -0.25) is 4.79 Å². The maximum absolute atomic E-state index is 12.6. The molecule has 1 saturated heterocycles. The minimum atomic E-state index is -0.425. The zero-order valence-corrected chi connectivity index (χ0v) is 12.3. The van der Waals surface area contributed by atoms with Crippen LogP contribution in [0.25, 0.3) is 0 Å². The van der Waals surface area contributed by atoms with Gasteiger partial charge in [0, 0.05) is 19.7 Å². The standard InChI is InChI=1S/C15H20N2O2S/c16-14(20)13(11-12-5-2-1-3-6-12)15(18)17-7-4-9-19-10-8-17/h1-3,5-6,13H,4,7-11H2,(H2,16,20). The zero-order chi connectivity index (χ0) is 14.4. The lowest BCUT2D eigenvalue weighted by atomic mass is 9.97. The average Bonchev–Trinajstić information content (AvgIpc) is 2.74. The fraction of sp³-hybridized carbons (Fsp3) is 0.467. The third-order valence-electron chi connectivity index (χ3n) is 3.46. The molecule has 2 rings (SSSR count). The first-order chi connectivity index (χ1) is 9.68. The maximum Gasteiger partial charge on any atom is 0.232 e. The molecule has 1 heterocycles. The Morgan fingerprint density at radius 2 is 2.05 bits per heavy atom. The SMILES string of the molecule is NC(=S)C(Cc1ccccc1)C(=O)N1CCCOCC1. The van der Waals surface area contributed by atoms with Crippen LogP contribution in [0.15, 0.2) is 30.3 Å². The molecule has 0 spiro atoms. The molecule has 4 nitrogen and oxygen atoms in total. The molecule has 20 heavy (non-hydrogen) atoms. The van der Waals surface area contributed by atoms with E-state index in [1.54, 1.807) is 0 Å². The number of nitrogens with zero attached hydrogens (tertiary/aromatic N) is 1. The van der Waals surface area contributed by atoms with Crippen molar-refractivity contribution in [2.45, 2.75) is 12.8 Å². The van der Waals surface area contributed by atoms with E-state index in [1.807, 2.05) is 35.2 Å². The molecule has 1 amide bonds. The minimum absolute atomic E-state index is 0.0202. The second kappa shape index (κ2) is 7.36. The van der Waals surface area contributed by atoms with Crippen molar-refractivity contribution in [2.75, 3.05) is 26.3 Å². The Bertz CT molecular complexity index is 456. The highest BCUT2D eigenvalue weighted by Gasteiger charge is 2.27. The van der Waals surface area contributed by atoms with Gasteiger partial charge in [-0.15, -0.1) is 0 Å². The van der Waals surface area contributed by atoms with Crippen LogP contribution in [0.4, 0.5) is 0 Å². The first-order valence-electron chi connectivity index (χ1n) is 6.88. The quantitative estimate of drug-likeness (QED) is 0.852. The number of hydrogen-bond acceptors (Lipinski definition) is 3. The highest BCUT2D eigenvalue weighted by atomic mass is 32.1. The average molecular weight is 292 g/mol. The smallest absolute Gasteiger partial charge is 0.232 e. The summed E-state index contributed by atoms with van der Waals surface area (Å²) in [4.78, 5) is 14.7. The number of thiocarbonyl (C=S) groups is 1. The van der Waals surface area contributed by atoms with Gasteiger partial charge in [-0.1, -0.05) is 42.5 Å². The summed E-state index contributed by atoms with van der Waals surface area (Å²) in [6.45, 7) is 2.63. The zero-order valence-electron chi connectivity index (χ0n) is 11.5. The third-order valence-corrected chi connectivity index (χ3v) is 3.74. The van der Waals surface area contributed by atoms with Crippen LogP contribution in [-0.4, -0.2) is 42.1 Å². The Balaban J connectivity index is 2.07. The highest BCUT2D eigenvalue weighted by Crippen LogP contribution is 2.14. The second-order valence-electron chi connectivity index (χ2n) is 4.94. The van der Waals surface area contributed by atoms with E-state index >= 15 is 0 Å². The topological polar surface area (TPSA) is 55.6 Å². The van der Waals surface area contributed by atoms with Gasteiger partial charge in [0.2, 0.25) is 5.91 Å². The molecular weight excluding hydrogens is 272 g/mol. The summed E-state index contributed by atoms with van der Waals surface area (Å²) in [5.74, 6) is -0.405. The lowest BCUT2D eigenvalue weighted by Crippen LogP contribution is -2.43. The highest BCUT2D eigenvalue weighted by molar-refractivity contribution is 7.80. The molecule has 108 valence electrons. The summed E-state index contributed by atoms with van der Waals surface area (Å²) in [6, 6.07) is 9.84. The lowest BCUT2D eigenvalue weighted by Gasteiger charge is -2.25. The predicted octanol–water partition coefficient (Wildman–Crippen LogP) is 1.38. The van der Waals surface area contributed by atoms with Crippen molar-refractivity contribution in [2.24, 2.45) is 11.7 Å². The van der Waals surface area contributed by atoms with Crippen molar-refractivity contribution in [3.05, 3.63) is 35.9 Å². The van der Waals surface area contributed by atoms with Crippen molar-refractivity contribution in [3.63, 3.8) is 0 Å². The Morgan fingerprint density at radius 3 is 2.75 bits per heavy atom. The summed E-state index contributed by atoms with van der Waals surface area (Å²) >= 11 is 5.09. The van der Waals surface area contributed by atoms with Crippen LogP contribution in [0.5, 0.6) is 0 Å². The molecule has 1 atom stereocenters. The number of ether oxygens (including phenoxy) is 1. The van der Waals surface area contributed by atoms with Crippen LogP contribution in [0.1, 0.15) is 12.0 Å². The number of carbonyl (C=O) groups is 1. The van der Waals surface area contributed by atoms with Crippen LogP contribution in [0, 0.1) is 5.92 Å². The normalized spacial score (nSPS) is 17.3. The van der Waals surface area contributed by atoms with Gasteiger partial charge in [-0.05, 0) is 18.4 Å². The molecule has 5 heteroatoms. The lowest BCUT2D eigenvalue weighted by molar-refractivity contribution is -0.133. The van der Waals surface area contributed by atoms with Crippen molar-refractivity contribution in [1.29, 1.82) is 0 Å². The van der Waals surface area contributed by atoms with Gasteiger partial charge >= 0.3 is 0 Å². The molecule has 0 aliphatic carbocycles. The van der Waals surface area contributed by atoms with E-state index in [0.29, 0.717) is 32.7 Å². The van der Waals surface area contributed by atoms with E-state index in [0.717, 1.165) is 12.0 Å². The summed E-state index contributed by atoms with van der Waals surface area (Å²) < 4.78 is 5.38. The monoisotopic (exact) mass is 292 g/mol. The Kier molecular flexibility index (Phi) is 5.49. The van der Waals surface area contributed by atoms with Gasteiger partial charge in [-0.25, -0.2) is 0 Å². The van der Waals surface area contributed by atoms with Crippen LogP contribution >= 0.6 is 12.2 Å². The van der Waals surface area contributed by atoms with Crippen molar-refractivity contribution in [1.82, 2.24) is 4.90 Å². The van der Waals surface area contributed by atoms with Gasteiger partial charge < -0.3 is 15.4 Å². The second-order valence-corrected chi connectivity index (χ2v) is 5.41. The molecule has 1 aromatic rings. The first kappa shape index (κ1) is 14.9. The Morgan fingerprint density at radius 1 is 1.30 bits per heavy atom. The molecule has 0 aromatic heterocycles. The van der Waals surface area contributed by atoms with Gasteiger partial charge in [0.25, 0.3) is 0 Å². The minimum Gasteiger partial charge on any atom is -0.393 e. The molecule has 1 aliphatic rings. The van der Waals surface area contributed by atoms with Gasteiger partial charge in [-0.2, -0.15) is 0 Å². The number of nitrogens with two attached hydrogens (primary N) is 1. The Labute approximate surface area is 124 Å². The van der Waals surface area contributed by atoms with E-state index in [1.165, 1.54) is 0 Å². The largest absolute Gasteiger partial charge is 0.393 e. The van der Waals surface area contributed by atoms with E-state index in [9.17, 15) is 4.79 Å². The molecule has 0 saturated carbocycles. The van der Waals surface area contributed by atoms with E-state index < -0.39 is 5.92 Å². The number of carbonyl (C=O) groups excluding carboxylic acids is 1. The first-order valence-corrected chi connectivity index (χ1v) is 7.29. The van der Waals surface area contributed by atoms with Gasteiger partial charge in [0.15, 0.2) is 0 Å². The van der Waals surface area contributed by atoms with E-state index in [-0.39, 0.29) is 10.9 Å². The molecule has 2 N–H and O–H groups in total.